The third-order valence-electron chi connectivity index (χ3n) is 6.98. The van der Waals surface area contributed by atoms with E-state index in [9.17, 15) is 14.4 Å². The molecular formula is C33H35N5O4S. The predicted octanol–water partition coefficient (Wildman–Crippen LogP) is 7.37. The molecule has 5 rings (SSSR count). The van der Waals surface area contributed by atoms with E-state index in [0.717, 1.165) is 45.5 Å². The molecule has 0 unspecified atom stereocenters. The second-order valence-corrected chi connectivity index (χ2v) is 12.4. The van der Waals surface area contributed by atoms with E-state index >= 15 is 0 Å². The van der Waals surface area contributed by atoms with E-state index in [-0.39, 0.29) is 11.8 Å². The van der Waals surface area contributed by atoms with Crippen LogP contribution in [0.2, 0.25) is 0 Å². The van der Waals surface area contributed by atoms with Crippen molar-refractivity contribution in [3.63, 3.8) is 0 Å². The lowest BCUT2D eigenvalue weighted by Crippen LogP contribution is -2.27. The van der Waals surface area contributed by atoms with Gasteiger partial charge in [0.2, 0.25) is 5.91 Å². The number of carbonyl (C=O) groups is 3. The lowest BCUT2D eigenvalue weighted by molar-refractivity contribution is -0.116. The number of hydrogen-bond donors (Lipinski definition) is 2. The highest BCUT2D eigenvalue weighted by Crippen LogP contribution is 2.33. The highest BCUT2D eigenvalue weighted by molar-refractivity contribution is 7.13. The van der Waals surface area contributed by atoms with Crippen molar-refractivity contribution in [3.8, 4) is 21.6 Å². The summed E-state index contributed by atoms with van der Waals surface area (Å²) in [5.74, 6) is -0.114. The lowest BCUT2D eigenvalue weighted by atomic mass is 9.99. The van der Waals surface area contributed by atoms with Crippen molar-refractivity contribution in [2.45, 2.75) is 58.6 Å². The van der Waals surface area contributed by atoms with Crippen LogP contribution < -0.4 is 10.6 Å². The number of nitrogens with one attached hydrogen (secondary N) is 2. The lowest BCUT2D eigenvalue weighted by Gasteiger charge is -2.21. The maximum atomic E-state index is 13.0. The second-order valence-electron chi connectivity index (χ2n) is 11.4. The Morgan fingerprint density at radius 3 is 2.47 bits per heavy atom. The Labute approximate surface area is 255 Å². The molecule has 3 amide bonds. The van der Waals surface area contributed by atoms with Crippen molar-refractivity contribution < 1.29 is 19.1 Å². The molecule has 2 aromatic carbocycles. The highest BCUT2D eigenvalue weighted by Gasteiger charge is 2.29. The van der Waals surface area contributed by atoms with Gasteiger partial charge in [0.05, 0.1) is 11.4 Å². The van der Waals surface area contributed by atoms with E-state index in [1.54, 1.807) is 50.6 Å². The maximum Gasteiger partial charge on any atom is 0.412 e. The molecule has 2 aromatic heterocycles. The molecule has 0 atom stereocenters. The molecule has 4 aromatic rings. The summed E-state index contributed by atoms with van der Waals surface area (Å²) in [7, 11) is 0. The number of aromatic nitrogens is 2. The first-order chi connectivity index (χ1) is 20.7. The maximum absolute atomic E-state index is 13.0. The summed E-state index contributed by atoms with van der Waals surface area (Å²) in [6.07, 6.45) is 7.00. The Morgan fingerprint density at radius 2 is 1.72 bits per heavy atom. The number of unbranched alkanes of at least 4 members (excludes halogenated alkanes) is 2. The quantitative estimate of drug-likeness (QED) is 0.185. The first-order valence-corrected chi connectivity index (χ1v) is 15.2. The summed E-state index contributed by atoms with van der Waals surface area (Å²) in [6.45, 7) is 6.56. The van der Waals surface area contributed by atoms with Crippen molar-refractivity contribution in [1.82, 2.24) is 14.9 Å². The molecule has 222 valence electrons. The van der Waals surface area contributed by atoms with Gasteiger partial charge in [0, 0.05) is 47.9 Å². The topological polar surface area (TPSA) is 114 Å². The van der Waals surface area contributed by atoms with Crippen molar-refractivity contribution in [2.24, 2.45) is 0 Å². The van der Waals surface area contributed by atoms with Gasteiger partial charge in [0.1, 0.15) is 11.9 Å². The van der Waals surface area contributed by atoms with E-state index in [0.29, 0.717) is 37.3 Å². The van der Waals surface area contributed by atoms with E-state index in [2.05, 4.69) is 20.6 Å². The number of fused-ring (bicyclic) bond motifs is 1. The third-order valence-corrected chi connectivity index (χ3v) is 7.90. The first kappa shape index (κ1) is 29.9. The number of nitrogens with zero attached hydrogens (tertiary/aromatic N) is 3. The zero-order valence-corrected chi connectivity index (χ0v) is 25.4. The summed E-state index contributed by atoms with van der Waals surface area (Å²) in [4.78, 5) is 49.6. The van der Waals surface area contributed by atoms with Gasteiger partial charge in [-0.1, -0.05) is 30.7 Å². The van der Waals surface area contributed by atoms with Gasteiger partial charge in [0.15, 0.2) is 0 Å². The third kappa shape index (κ3) is 7.64. The Bertz CT molecular complexity index is 1600. The standard InChI is InChI=1S/C33H35N5O4S/c1-33(2,3)42-32(41)37-27-14-13-22(29-11-8-16-43-29)17-28(27)36-30(39)12-5-4-6-15-38-20-26-24(23-18-34-21-35-19-23)9-7-10-25(26)31(38)40/h7-11,13-14,16-19,21H,4-6,12,15,20H2,1-3H3,(H,36,39)(H,37,41). The van der Waals surface area contributed by atoms with Crippen LogP contribution in [0.15, 0.2) is 72.6 Å². The molecule has 0 saturated carbocycles. The van der Waals surface area contributed by atoms with Crippen LogP contribution in [0.5, 0.6) is 0 Å². The summed E-state index contributed by atoms with van der Waals surface area (Å²) in [5, 5.41) is 7.73. The largest absolute Gasteiger partial charge is 0.444 e. The molecule has 10 heteroatoms. The minimum absolute atomic E-state index is 0.0297. The van der Waals surface area contributed by atoms with Gasteiger partial charge in [-0.3, -0.25) is 14.9 Å². The fourth-order valence-corrected chi connectivity index (χ4v) is 5.75. The van der Waals surface area contributed by atoms with Gasteiger partial charge in [-0.15, -0.1) is 11.3 Å². The molecule has 0 radical (unpaired) electrons. The second kappa shape index (κ2) is 13.2. The molecule has 0 aliphatic carbocycles. The van der Waals surface area contributed by atoms with Gasteiger partial charge in [-0.2, -0.15) is 0 Å². The Kier molecular flexibility index (Phi) is 9.16. The van der Waals surface area contributed by atoms with Crippen LogP contribution in [-0.2, 0) is 16.1 Å². The number of carbonyl (C=O) groups excluding carboxylic acids is 3. The monoisotopic (exact) mass is 597 g/mol. The molecule has 9 nitrogen and oxygen atoms in total. The SMILES string of the molecule is CC(C)(C)OC(=O)Nc1ccc(-c2cccs2)cc1NC(=O)CCCCCN1Cc2c(cccc2-c2cncnc2)C1=O. The van der Waals surface area contributed by atoms with Gasteiger partial charge < -0.3 is 15.0 Å². The number of benzene rings is 2. The van der Waals surface area contributed by atoms with Crippen molar-refractivity contribution in [1.29, 1.82) is 0 Å². The molecule has 0 saturated heterocycles. The molecule has 0 bridgehead atoms. The number of rotatable bonds is 10. The molecular weight excluding hydrogens is 562 g/mol. The van der Waals surface area contributed by atoms with Crippen molar-refractivity contribution in [3.05, 3.63) is 83.8 Å². The molecule has 3 heterocycles. The van der Waals surface area contributed by atoms with E-state index < -0.39 is 11.7 Å². The van der Waals surface area contributed by atoms with Crippen LogP contribution in [-0.4, -0.2) is 44.9 Å². The van der Waals surface area contributed by atoms with Crippen LogP contribution in [0.1, 0.15) is 62.4 Å². The minimum atomic E-state index is -0.647. The number of ether oxygens (including phenoxy) is 1. The smallest absolute Gasteiger partial charge is 0.412 e. The molecule has 2 N–H and O–H groups in total. The number of hydrogen-bond acceptors (Lipinski definition) is 7. The molecule has 1 aliphatic heterocycles. The van der Waals surface area contributed by atoms with Crippen LogP contribution in [0.25, 0.3) is 21.6 Å². The van der Waals surface area contributed by atoms with Crippen LogP contribution >= 0.6 is 11.3 Å². The fourth-order valence-electron chi connectivity index (χ4n) is 5.02. The van der Waals surface area contributed by atoms with Crippen LogP contribution in [0.3, 0.4) is 0 Å². The summed E-state index contributed by atoms with van der Waals surface area (Å²) < 4.78 is 5.40. The highest BCUT2D eigenvalue weighted by atomic mass is 32.1. The van der Waals surface area contributed by atoms with Crippen molar-refractivity contribution >= 4 is 40.6 Å². The normalized spacial score (nSPS) is 12.6. The van der Waals surface area contributed by atoms with Crippen LogP contribution in [0, 0.1) is 0 Å². The van der Waals surface area contributed by atoms with Gasteiger partial charge in [0.25, 0.3) is 5.91 Å². The summed E-state index contributed by atoms with van der Waals surface area (Å²) >= 11 is 1.60. The Balaban J connectivity index is 1.14. The number of thiophene rings is 1. The van der Waals surface area contributed by atoms with E-state index in [1.807, 2.05) is 52.7 Å². The zero-order valence-electron chi connectivity index (χ0n) is 24.6. The molecule has 43 heavy (non-hydrogen) atoms. The number of amides is 3. The predicted molar refractivity (Wildman–Crippen MR) is 169 cm³/mol. The van der Waals surface area contributed by atoms with Crippen molar-refractivity contribution in [2.75, 3.05) is 17.2 Å². The zero-order chi connectivity index (χ0) is 30.4. The Hall–Kier alpha value is -4.57. The van der Waals surface area contributed by atoms with E-state index in [4.69, 9.17) is 4.74 Å². The van der Waals surface area contributed by atoms with Gasteiger partial charge >= 0.3 is 6.09 Å². The van der Waals surface area contributed by atoms with E-state index in [1.165, 1.54) is 6.33 Å². The molecule has 0 spiro atoms. The number of anilines is 2. The van der Waals surface area contributed by atoms with Gasteiger partial charge in [-0.25, -0.2) is 14.8 Å². The summed E-state index contributed by atoms with van der Waals surface area (Å²) in [5.41, 5.74) is 4.88. The molecule has 0 fully saturated rings. The average Bonchev–Trinajstić information content (AvgIpc) is 3.62. The first-order valence-electron chi connectivity index (χ1n) is 14.3. The minimum Gasteiger partial charge on any atom is -0.444 e. The van der Waals surface area contributed by atoms with Crippen LogP contribution in [0.4, 0.5) is 16.2 Å². The van der Waals surface area contributed by atoms with Gasteiger partial charge in [-0.05, 0) is 79.9 Å². The summed E-state index contributed by atoms with van der Waals surface area (Å²) in [6, 6.07) is 15.3. The Morgan fingerprint density at radius 1 is 0.930 bits per heavy atom. The molecule has 1 aliphatic rings. The fraction of sp³-hybridized carbons (Fsp3) is 0.303. The average molecular weight is 598 g/mol.